The average molecular weight is 363 g/mol. The Bertz CT molecular complexity index is 492. The Kier molecular flexibility index (Phi) is 3.27. The summed E-state index contributed by atoms with van der Waals surface area (Å²) in [6.07, 6.45) is 0.424. The zero-order valence-corrected chi connectivity index (χ0v) is 11.8. The van der Waals surface area contributed by atoms with Gasteiger partial charge in [0, 0.05) is 20.4 Å². The lowest BCUT2D eigenvalue weighted by Gasteiger charge is -2.05. The van der Waals surface area contributed by atoms with Gasteiger partial charge in [0.25, 0.3) is 0 Å². The summed E-state index contributed by atoms with van der Waals surface area (Å²) < 4.78 is 1.26. The fourth-order valence-electron chi connectivity index (χ4n) is 1.70. The molecular formula is C11H9Br2NO3. The predicted molar refractivity (Wildman–Crippen MR) is 69.8 cm³/mol. The van der Waals surface area contributed by atoms with Crippen molar-refractivity contribution in [3.8, 4) is 0 Å². The standard InChI is InChI=1S/C11H9Br2NO3/c12-7-1-4(2-8(13)9(7)14)10(15)5-3-6(5)11(16)17/h1-2,5-6H,3,14H2,(H,16,17). The molecule has 4 nitrogen and oxygen atoms in total. The third kappa shape index (κ3) is 2.37. The van der Waals surface area contributed by atoms with Crippen molar-refractivity contribution in [1.29, 1.82) is 0 Å². The number of hydrogen-bond donors (Lipinski definition) is 2. The number of ketones is 1. The summed E-state index contributed by atoms with van der Waals surface area (Å²) in [6, 6.07) is 3.25. The quantitative estimate of drug-likeness (QED) is 0.639. The number of benzene rings is 1. The van der Waals surface area contributed by atoms with Gasteiger partial charge >= 0.3 is 5.97 Å². The molecule has 1 aliphatic carbocycles. The minimum Gasteiger partial charge on any atom is -0.481 e. The van der Waals surface area contributed by atoms with Crippen LogP contribution in [-0.2, 0) is 4.79 Å². The molecule has 2 rings (SSSR count). The molecule has 0 saturated heterocycles. The van der Waals surface area contributed by atoms with Gasteiger partial charge in [-0.3, -0.25) is 9.59 Å². The van der Waals surface area contributed by atoms with E-state index in [0.717, 1.165) is 0 Å². The van der Waals surface area contributed by atoms with Crippen molar-refractivity contribution in [2.75, 3.05) is 5.73 Å². The summed E-state index contributed by atoms with van der Waals surface area (Å²) in [5.74, 6) is -1.97. The van der Waals surface area contributed by atoms with Crippen LogP contribution in [0.2, 0.25) is 0 Å². The van der Waals surface area contributed by atoms with Crippen molar-refractivity contribution in [3.05, 3.63) is 26.6 Å². The molecule has 6 heteroatoms. The van der Waals surface area contributed by atoms with Gasteiger partial charge in [-0.2, -0.15) is 0 Å². The Morgan fingerprint density at radius 3 is 2.18 bits per heavy atom. The number of nitrogens with two attached hydrogens (primary N) is 1. The number of nitrogen functional groups attached to an aromatic ring is 1. The highest BCUT2D eigenvalue weighted by atomic mass is 79.9. The minimum atomic E-state index is -0.906. The van der Waals surface area contributed by atoms with Gasteiger partial charge in [-0.15, -0.1) is 0 Å². The summed E-state index contributed by atoms with van der Waals surface area (Å²) in [7, 11) is 0. The number of carboxylic acids is 1. The van der Waals surface area contributed by atoms with Crippen molar-refractivity contribution < 1.29 is 14.7 Å². The lowest BCUT2D eigenvalue weighted by molar-refractivity contribution is -0.138. The Morgan fingerprint density at radius 1 is 1.24 bits per heavy atom. The fraction of sp³-hybridized carbons (Fsp3) is 0.273. The largest absolute Gasteiger partial charge is 0.481 e. The summed E-state index contributed by atoms with van der Waals surface area (Å²) in [5, 5.41) is 8.78. The molecule has 2 unspecified atom stereocenters. The summed E-state index contributed by atoms with van der Waals surface area (Å²) in [4.78, 5) is 22.7. The van der Waals surface area contributed by atoms with Gasteiger partial charge in [-0.1, -0.05) is 0 Å². The fourth-order valence-corrected chi connectivity index (χ4v) is 2.88. The number of carbonyl (C=O) groups is 2. The maximum absolute atomic E-state index is 12.0. The van der Waals surface area contributed by atoms with Crippen LogP contribution in [0.15, 0.2) is 21.1 Å². The Labute approximate surface area is 114 Å². The van der Waals surface area contributed by atoms with Crippen LogP contribution in [-0.4, -0.2) is 16.9 Å². The van der Waals surface area contributed by atoms with E-state index in [2.05, 4.69) is 31.9 Å². The Morgan fingerprint density at radius 2 is 1.76 bits per heavy atom. The maximum atomic E-state index is 12.0. The molecule has 0 aromatic heterocycles. The topological polar surface area (TPSA) is 80.4 Å². The second-order valence-electron chi connectivity index (χ2n) is 4.00. The van der Waals surface area contributed by atoms with E-state index >= 15 is 0 Å². The number of rotatable bonds is 3. The maximum Gasteiger partial charge on any atom is 0.307 e. The summed E-state index contributed by atoms with van der Waals surface area (Å²) in [5.41, 5.74) is 6.72. The predicted octanol–water partition coefficient (Wildman–Crippen LogP) is 2.70. The molecule has 0 spiro atoms. The minimum absolute atomic E-state index is 0.140. The van der Waals surface area contributed by atoms with Gasteiger partial charge in [0.05, 0.1) is 11.6 Å². The Hall–Kier alpha value is -0.880. The lowest BCUT2D eigenvalue weighted by atomic mass is 10.1. The van der Waals surface area contributed by atoms with Gasteiger partial charge in [0.2, 0.25) is 0 Å². The molecule has 0 aliphatic heterocycles. The molecular weight excluding hydrogens is 354 g/mol. The third-order valence-electron chi connectivity index (χ3n) is 2.81. The molecule has 0 heterocycles. The average Bonchev–Trinajstić information content (AvgIpc) is 3.04. The number of halogens is 2. The zero-order valence-electron chi connectivity index (χ0n) is 8.61. The normalized spacial score (nSPS) is 22.2. The molecule has 1 aromatic carbocycles. The van der Waals surface area contributed by atoms with Crippen LogP contribution in [0.5, 0.6) is 0 Å². The van der Waals surface area contributed by atoms with Crippen molar-refractivity contribution in [3.63, 3.8) is 0 Å². The highest BCUT2D eigenvalue weighted by Crippen LogP contribution is 2.42. The van der Waals surface area contributed by atoms with Crippen molar-refractivity contribution >= 4 is 49.3 Å². The second-order valence-corrected chi connectivity index (χ2v) is 5.71. The van der Waals surface area contributed by atoms with E-state index in [-0.39, 0.29) is 5.78 Å². The molecule has 90 valence electrons. The molecule has 2 atom stereocenters. The summed E-state index contributed by atoms with van der Waals surface area (Å²) in [6.45, 7) is 0. The van der Waals surface area contributed by atoms with E-state index in [4.69, 9.17) is 10.8 Å². The SMILES string of the molecule is Nc1c(Br)cc(C(=O)C2CC2C(=O)O)cc1Br. The van der Waals surface area contributed by atoms with Crippen LogP contribution in [0, 0.1) is 11.8 Å². The monoisotopic (exact) mass is 361 g/mol. The van der Waals surface area contributed by atoms with Gasteiger partial charge < -0.3 is 10.8 Å². The van der Waals surface area contributed by atoms with E-state index in [1.807, 2.05) is 0 Å². The highest BCUT2D eigenvalue weighted by molar-refractivity contribution is 9.11. The third-order valence-corrected chi connectivity index (χ3v) is 4.12. The highest BCUT2D eigenvalue weighted by Gasteiger charge is 2.48. The molecule has 1 aromatic rings. The van der Waals surface area contributed by atoms with E-state index in [1.54, 1.807) is 12.1 Å². The first-order valence-electron chi connectivity index (χ1n) is 4.93. The number of carbonyl (C=O) groups excluding carboxylic acids is 1. The van der Waals surface area contributed by atoms with E-state index in [1.165, 1.54) is 0 Å². The number of carboxylic acid groups (broad SMARTS) is 1. The van der Waals surface area contributed by atoms with Crippen molar-refractivity contribution in [1.82, 2.24) is 0 Å². The first-order valence-corrected chi connectivity index (χ1v) is 6.52. The molecule has 3 N–H and O–H groups in total. The van der Waals surface area contributed by atoms with Gasteiger partial charge in [0.15, 0.2) is 5.78 Å². The molecule has 1 saturated carbocycles. The van der Waals surface area contributed by atoms with Crippen LogP contribution < -0.4 is 5.73 Å². The Balaban J connectivity index is 2.25. The van der Waals surface area contributed by atoms with Gasteiger partial charge in [-0.05, 0) is 50.4 Å². The van der Waals surface area contributed by atoms with Crippen LogP contribution in [0.4, 0.5) is 5.69 Å². The van der Waals surface area contributed by atoms with E-state index < -0.39 is 17.8 Å². The van der Waals surface area contributed by atoms with Gasteiger partial charge in [-0.25, -0.2) is 0 Å². The number of anilines is 1. The van der Waals surface area contributed by atoms with Crippen molar-refractivity contribution in [2.45, 2.75) is 6.42 Å². The van der Waals surface area contributed by atoms with Crippen molar-refractivity contribution in [2.24, 2.45) is 11.8 Å². The van der Waals surface area contributed by atoms with Crippen LogP contribution in [0.1, 0.15) is 16.8 Å². The number of hydrogen-bond acceptors (Lipinski definition) is 3. The molecule has 1 fully saturated rings. The molecule has 1 aliphatic rings. The van der Waals surface area contributed by atoms with Gasteiger partial charge in [0.1, 0.15) is 0 Å². The summed E-state index contributed by atoms with van der Waals surface area (Å²) >= 11 is 6.51. The first kappa shape index (κ1) is 12.6. The number of Topliss-reactive ketones (excluding diaryl/α,β-unsaturated/α-hetero) is 1. The second kappa shape index (κ2) is 4.42. The first-order chi connectivity index (χ1) is 7.91. The molecule has 0 bridgehead atoms. The van der Waals surface area contributed by atoms with Crippen LogP contribution in [0.3, 0.4) is 0 Å². The molecule has 17 heavy (non-hydrogen) atoms. The van der Waals surface area contributed by atoms with Crippen LogP contribution >= 0.6 is 31.9 Å². The van der Waals surface area contributed by atoms with E-state index in [0.29, 0.717) is 26.6 Å². The van der Waals surface area contributed by atoms with E-state index in [9.17, 15) is 9.59 Å². The smallest absolute Gasteiger partial charge is 0.307 e. The molecule has 0 radical (unpaired) electrons. The number of aliphatic carboxylic acids is 1. The lowest BCUT2D eigenvalue weighted by Crippen LogP contribution is -2.08. The van der Waals surface area contributed by atoms with Crippen LogP contribution in [0.25, 0.3) is 0 Å². The molecule has 0 amide bonds. The zero-order chi connectivity index (χ0) is 12.7.